The van der Waals surface area contributed by atoms with E-state index >= 15 is 0 Å². The summed E-state index contributed by atoms with van der Waals surface area (Å²) in [7, 11) is 0. The van der Waals surface area contributed by atoms with Crippen LogP contribution in [0.4, 0.5) is 9.93 Å². The maximum atomic E-state index is 11.6. The van der Waals surface area contributed by atoms with E-state index in [1.54, 1.807) is 0 Å². The molecule has 106 valence electrons. The molecule has 20 heavy (non-hydrogen) atoms. The molecule has 1 atom stereocenters. The minimum atomic E-state index is -1.34. The normalized spacial score (nSPS) is 12.1. The number of fused-ring (bicyclic) bond motifs is 1. The van der Waals surface area contributed by atoms with E-state index in [4.69, 9.17) is 10.2 Å². The third-order valence-corrected chi connectivity index (χ3v) is 3.48. The summed E-state index contributed by atoms with van der Waals surface area (Å²) >= 11 is 1.29. The number of nitrogens with zero attached hydrogens (tertiary/aromatic N) is 1. The molecule has 0 aliphatic carbocycles. The van der Waals surface area contributed by atoms with Crippen molar-refractivity contribution in [2.45, 2.75) is 13.0 Å². The van der Waals surface area contributed by atoms with Crippen LogP contribution < -0.4 is 10.6 Å². The third-order valence-electron chi connectivity index (χ3n) is 2.55. The van der Waals surface area contributed by atoms with Gasteiger partial charge in [0.25, 0.3) is 0 Å². The van der Waals surface area contributed by atoms with Crippen LogP contribution in [0.2, 0.25) is 0 Å². The Balaban J connectivity index is 2.08. The molecular formula is C12H13N3O4S. The Morgan fingerprint density at radius 1 is 1.45 bits per heavy atom. The van der Waals surface area contributed by atoms with Crippen molar-refractivity contribution >= 4 is 38.7 Å². The molecule has 0 saturated carbocycles. The van der Waals surface area contributed by atoms with Gasteiger partial charge in [-0.25, -0.2) is 14.6 Å². The molecular weight excluding hydrogens is 282 g/mol. The van der Waals surface area contributed by atoms with Gasteiger partial charge in [0.15, 0.2) is 11.2 Å². The number of hydrogen-bond donors (Lipinski definition) is 4. The number of carboxylic acid groups (broad SMARTS) is 1. The summed E-state index contributed by atoms with van der Waals surface area (Å²) in [5.41, 5.74) is 1.84. The molecule has 1 unspecified atom stereocenters. The number of carbonyl (C=O) groups excluding carboxylic acids is 1. The molecule has 1 heterocycles. The molecule has 2 amide bonds. The average molecular weight is 295 g/mol. The van der Waals surface area contributed by atoms with E-state index in [1.165, 1.54) is 11.3 Å². The topological polar surface area (TPSA) is 112 Å². The number of rotatable bonds is 4. The first-order valence-corrected chi connectivity index (χ1v) is 6.59. The first kappa shape index (κ1) is 14.2. The number of aryl methyl sites for hydroxylation is 1. The van der Waals surface area contributed by atoms with E-state index in [0.717, 1.165) is 15.8 Å². The number of aliphatic hydroxyl groups excluding tert-OH is 1. The summed E-state index contributed by atoms with van der Waals surface area (Å²) in [5, 5.41) is 22.5. The first-order chi connectivity index (χ1) is 9.49. The summed E-state index contributed by atoms with van der Waals surface area (Å²) in [6.07, 6.45) is 0. The summed E-state index contributed by atoms with van der Waals surface area (Å²) in [6.45, 7) is 1.28. The van der Waals surface area contributed by atoms with Gasteiger partial charge in [-0.1, -0.05) is 17.4 Å². The second-order valence-electron chi connectivity index (χ2n) is 4.16. The maximum Gasteiger partial charge on any atom is 0.328 e. The lowest BCUT2D eigenvalue weighted by Crippen LogP contribution is -2.45. The SMILES string of the molecule is Cc1ccc2nc(NC(=O)NC(CO)C(=O)O)sc2c1. The number of urea groups is 1. The molecule has 0 radical (unpaired) electrons. The highest BCUT2D eigenvalue weighted by Gasteiger charge is 2.19. The van der Waals surface area contributed by atoms with Gasteiger partial charge < -0.3 is 15.5 Å². The number of carbonyl (C=O) groups is 2. The van der Waals surface area contributed by atoms with Gasteiger partial charge in [-0.05, 0) is 24.6 Å². The Labute approximate surface area is 118 Å². The third kappa shape index (κ3) is 3.22. The second-order valence-corrected chi connectivity index (χ2v) is 5.19. The van der Waals surface area contributed by atoms with Crippen LogP contribution in [0.15, 0.2) is 18.2 Å². The van der Waals surface area contributed by atoms with Crippen LogP contribution in [-0.2, 0) is 4.79 Å². The van der Waals surface area contributed by atoms with Crippen LogP contribution in [-0.4, -0.2) is 39.8 Å². The van der Waals surface area contributed by atoms with Crippen molar-refractivity contribution in [1.82, 2.24) is 10.3 Å². The maximum absolute atomic E-state index is 11.6. The highest BCUT2D eigenvalue weighted by Crippen LogP contribution is 2.26. The van der Waals surface area contributed by atoms with E-state index < -0.39 is 24.6 Å². The Morgan fingerprint density at radius 2 is 2.20 bits per heavy atom. The van der Waals surface area contributed by atoms with Crippen LogP contribution in [0.1, 0.15) is 5.56 Å². The highest BCUT2D eigenvalue weighted by atomic mass is 32.1. The molecule has 1 aromatic heterocycles. The van der Waals surface area contributed by atoms with Crippen molar-refractivity contribution in [3.63, 3.8) is 0 Å². The smallest absolute Gasteiger partial charge is 0.328 e. The van der Waals surface area contributed by atoms with Crippen LogP contribution in [0, 0.1) is 6.92 Å². The Morgan fingerprint density at radius 3 is 2.85 bits per heavy atom. The number of nitrogens with one attached hydrogen (secondary N) is 2. The van der Waals surface area contributed by atoms with Gasteiger partial charge in [0.05, 0.1) is 16.8 Å². The molecule has 0 fully saturated rings. The van der Waals surface area contributed by atoms with Gasteiger partial charge in [-0.3, -0.25) is 5.32 Å². The number of aromatic nitrogens is 1. The molecule has 0 aliphatic rings. The lowest BCUT2D eigenvalue weighted by molar-refractivity contribution is -0.140. The molecule has 4 N–H and O–H groups in total. The van der Waals surface area contributed by atoms with Gasteiger partial charge in [0.1, 0.15) is 0 Å². The molecule has 0 aliphatic heterocycles. The Hall–Kier alpha value is -2.19. The van der Waals surface area contributed by atoms with Crippen molar-refractivity contribution in [3.8, 4) is 0 Å². The molecule has 0 saturated heterocycles. The predicted molar refractivity (Wildman–Crippen MR) is 75.0 cm³/mol. The summed E-state index contributed by atoms with van der Waals surface area (Å²) in [6, 6.07) is 3.65. The van der Waals surface area contributed by atoms with Crippen LogP contribution in [0.5, 0.6) is 0 Å². The molecule has 7 nitrogen and oxygen atoms in total. The van der Waals surface area contributed by atoms with Crippen molar-refractivity contribution in [2.24, 2.45) is 0 Å². The molecule has 1 aromatic carbocycles. The van der Waals surface area contributed by atoms with Gasteiger partial charge in [0, 0.05) is 0 Å². The zero-order valence-corrected chi connectivity index (χ0v) is 11.4. The first-order valence-electron chi connectivity index (χ1n) is 5.78. The quantitative estimate of drug-likeness (QED) is 0.676. The zero-order valence-electron chi connectivity index (χ0n) is 10.6. The largest absolute Gasteiger partial charge is 0.480 e. The molecule has 0 spiro atoms. The summed E-state index contributed by atoms with van der Waals surface area (Å²) in [5.74, 6) is -1.30. The van der Waals surface area contributed by atoms with E-state index in [0.29, 0.717) is 5.13 Å². The number of aliphatic hydroxyl groups is 1. The number of thiazole rings is 1. The van der Waals surface area contributed by atoms with Crippen molar-refractivity contribution in [2.75, 3.05) is 11.9 Å². The van der Waals surface area contributed by atoms with Gasteiger partial charge in [0.2, 0.25) is 0 Å². The molecule has 2 rings (SSSR count). The monoisotopic (exact) mass is 295 g/mol. The lowest BCUT2D eigenvalue weighted by Gasteiger charge is -2.11. The van der Waals surface area contributed by atoms with E-state index in [2.05, 4.69) is 15.6 Å². The van der Waals surface area contributed by atoms with Crippen LogP contribution >= 0.6 is 11.3 Å². The van der Waals surface area contributed by atoms with Crippen LogP contribution in [0.25, 0.3) is 10.2 Å². The Bertz CT molecular complexity index is 655. The number of hydrogen-bond acceptors (Lipinski definition) is 5. The lowest BCUT2D eigenvalue weighted by atomic mass is 10.2. The Kier molecular flexibility index (Phi) is 4.16. The van der Waals surface area contributed by atoms with Crippen molar-refractivity contribution in [3.05, 3.63) is 23.8 Å². The summed E-state index contributed by atoms with van der Waals surface area (Å²) < 4.78 is 0.928. The molecule has 8 heteroatoms. The number of anilines is 1. The zero-order chi connectivity index (χ0) is 14.7. The average Bonchev–Trinajstić information content (AvgIpc) is 2.76. The van der Waals surface area contributed by atoms with Crippen molar-refractivity contribution < 1.29 is 19.8 Å². The molecule has 2 aromatic rings. The predicted octanol–water partition coefficient (Wildman–Crippen LogP) is 1.17. The standard InChI is InChI=1S/C12H13N3O4S/c1-6-2-3-7-9(4-6)20-12(14-7)15-11(19)13-8(5-16)10(17)18/h2-4,8,16H,5H2,1H3,(H,17,18)(H2,13,14,15,19). The van der Waals surface area contributed by atoms with Gasteiger partial charge >= 0.3 is 12.0 Å². The number of benzene rings is 1. The van der Waals surface area contributed by atoms with Crippen LogP contribution in [0.3, 0.4) is 0 Å². The van der Waals surface area contributed by atoms with Crippen molar-refractivity contribution in [1.29, 1.82) is 0 Å². The second kappa shape index (κ2) is 5.85. The fourth-order valence-electron chi connectivity index (χ4n) is 1.56. The fourth-order valence-corrected chi connectivity index (χ4v) is 2.52. The minimum absolute atomic E-state index is 0.366. The van der Waals surface area contributed by atoms with Gasteiger partial charge in [-0.2, -0.15) is 0 Å². The number of amides is 2. The number of carboxylic acids is 1. The molecule has 0 bridgehead atoms. The highest BCUT2D eigenvalue weighted by molar-refractivity contribution is 7.22. The number of aliphatic carboxylic acids is 1. The van der Waals surface area contributed by atoms with Gasteiger partial charge in [-0.15, -0.1) is 0 Å². The summed E-state index contributed by atoms with van der Waals surface area (Å²) in [4.78, 5) is 26.5. The van der Waals surface area contributed by atoms with E-state index in [-0.39, 0.29) is 0 Å². The minimum Gasteiger partial charge on any atom is -0.480 e. The van der Waals surface area contributed by atoms with E-state index in [1.807, 2.05) is 25.1 Å². The van der Waals surface area contributed by atoms with E-state index in [9.17, 15) is 9.59 Å². The fraction of sp³-hybridized carbons (Fsp3) is 0.250.